The number of hydrogen-bond donors (Lipinski definition) is 1. The van der Waals surface area contributed by atoms with Crippen molar-refractivity contribution in [3.63, 3.8) is 0 Å². The number of thioether (sulfide) groups is 1. The molecule has 2 heterocycles. The summed E-state index contributed by atoms with van der Waals surface area (Å²) in [5.74, 6) is 1.33. The van der Waals surface area contributed by atoms with Crippen molar-refractivity contribution >= 4 is 29.0 Å². The first-order valence-corrected chi connectivity index (χ1v) is 10.2. The van der Waals surface area contributed by atoms with Crippen molar-refractivity contribution in [1.82, 2.24) is 10.3 Å². The summed E-state index contributed by atoms with van der Waals surface area (Å²) in [6.45, 7) is 2.84. The molecule has 0 unspecified atom stereocenters. The van der Waals surface area contributed by atoms with E-state index in [0.717, 1.165) is 16.2 Å². The molecule has 0 saturated carbocycles. The molecule has 1 N–H and O–H groups in total. The largest absolute Gasteiger partial charge is 0.478 e. The molecule has 0 aliphatic rings. The van der Waals surface area contributed by atoms with E-state index in [9.17, 15) is 4.79 Å². The normalized spacial score (nSPS) is 10.5. The van der Waals surface area contributed by atoms with E-state index < -0.39 is 0 Å². The van der Waals surface area contributed by atoms with Crippen molar-refractivity contribution in [3.8, 4) is 5.88 Å². The molecule has 0 radical (unpaired) electrons. The zero-order chi connectivity index (χ0) is 18.2. The average Bonchev–Trinajstić information content (AvgIpc) is 3.19. The van der Waals surface area contributed by atoms with E-state index in [1.54, 1.807) is 29.3 Å². The number of carbonyl (C=O) groups is 1. The Balaban J connectivity index is 1.66. The van der Waals surface area contributed by atoms with E-state index in [1.165, 1.54) is 4.88 Å². The molecule has 0 atom stereocenters. The summed E-state index contributed by atoms with van der Waals surface area (Å²) in [5, 5.41) is 5.05. The Labute approximate surface area is 161 Å². The Bertz CT molecular complexity index is 851. The second-order valence-electron chi connectivity index (χ2n) is 5.45. The first-order chi connectivity index (χ1) is 12.8. The maximum atomic E-state index is 12.7. The first-order valence-electron chi connectivity index (χ1n) is 8.37. The van der Waals surface area contributed by atoms with Gasteiger partial charge in [-0.05, 0) is 36.6 Å². The number of benzene rings is 1. The monoisotopic (exact) mass is 384 g/mol. The van der Waals surface area contributed by atoms with Crippen molar-refractivity contribution in [1.29, 1.82) is 0 Å². The van der Waals surface area contributed by atoms with Gasteiger partial charge in [0.15, 0.2) is 0 Å². The fraction of sp³-hybridized carbons (Fsp3) is 0.200. The highest BCUT2D eigenvalue weighted by Gasteiger charge is 2.13. The second kappa shape index (κ2) is 9.40. The molecule has 0 bridgehead atoms. The fourth-order valence-electron chi connectivity index (χ4n) is 2.42. The minimum atomic E-state index is -0.0921. The first kappa shape index (κ1) is 18.5. The van der Waals surface area contributed by atoms with Gasteiger partial charge in [-0.25, -0.2) is 4.98 Å². The number of ether oxygens (including phenoxy) is 1. The van der Waals surface area contributed by atoms with Gasteiger partial charge < -0.3 is 10.1 Å². The summed E-state index contributed by atoms with van der Waals surface area (Å²) in [6.07, 6.45) is 1.69. The summed E-state index contributed by atoms with van der Waals surface area (Å²) in [7, 11) is 0. The van der Waals surface area contributed by atoms with Crippen LogP contribution in [0.1, 0.15) is 27.7 Å². The van der Waals surface area contributed by atoms with Gasteiger partial charge in [-0.1, -0.05) is 24.3 Å². The predicted octanol–water partition coefficient (Wildman–Crippen LogP) is 4.76. The average molecular weight is 385 g/mol. The number of nitrogens with one attached hydrogen (secondary N) is 1. The van der Waals surface area contributed by atoms with Crippen LogP contribution < -0.4 is 10.1 Å². The number of aromatic nitrogens is 1. The molecular weight excluding hydrogens is 364 g/mol. The third kappa shape index (κ3) is 4.86. The second-order valence-corrected chi connectivity index (χ2v) is 7.50. The molecule has 0 spiro atoms. The third-order valence-electron chi connectivity index (χ3n) is 3.65. The zero-order valence-corrected chi connectivity index (χ0v) is 16.1. The molecular formula is C20H20N2O2S2. The number of hydrogen-bond acceptors (Lipinski definition) is 5. The fourth-order valence-corrected chi connectivity index (χ4v) is 4.24. The van der Waals surface area contributed by atoms with Crippen molar-refractivity contribution in [2.24, 2.45) is 0 Å². The Morgan fingerprint density at radius 2 is 2.08 bits per heavy atom. The topological polar surface area (TPSA) is 51.2 Å². The summed E-state index contributed by atoms with van der Waals surface area (Å²) < 4.78 is 5.51. The van der Waals surface area contributed by atoms with Crippen LogP contribution in [0.4, 0.5) is 0 Å². The highest BCUT2D eigenvalue weighted by Crippen LogP contribution is 2.28. The van der Waals surface area contributed by atoms with E-state index in [2.05, 4.69) is 21.7 Å². The molecule has 1 aromatic carbocycles. The molecule has 0 saturated heterocycles. The Morgan fingerprint density at radius 1 is 1.19 bits per heavy atom. The standard InChI is InChI=1S/C20H20N2O2S2/c1-2-24-20-15(7-5-11-21-20)13-22-19(23)17-9-3-4-10-18(17)26-14-16-8-6-12-25-16/h3-12H,2,13-14H2,1H3,(H,22,23). The van der Waals surface area contributed by atoms with Crippen LogP contribution in [0.25, 0.3) is 0 Å². The van der Waals surface area contributed by atoms with Crippen LogP contribution in [0.3, 0.4) is 0 Å². The van der Waals surface area contributed by atoms with Crippen LogP contribution in [0.15, 0.2) is 65.0 Å². The van der Waals surface area contributed by atoms with Crippen LogP contribution >= 0.6 is 23.1 Å². The van der Waals surface area contributed by atoms with Gasteiger partial charge in [0, 0.05) is 33.8 Å². The lowest BCUT2D eigenvalue weighted by molar-refractivity contribution is 0.0947. The van der Waals surface area contributed by atoms with Gasteiger partial charge >= 0.3 is 0 Å². The Hall–Kier alpha value is -2.31. The molecule has 0 aliphatic heterocycles. The minimum absolute atomic E-state index is 0.0921. The number of pyridine rings is 1. The summed E-state index contributed by atoms with van der Waals surface area (Å²) in [4.78, 5) is 19.2. The Kier molecular flexibility index (Phi) is 6.68. The van der Waals surface area contributed by atoms with Crippen molar-refractivity contribution in [3.05, 3.63) is 76.1 Å². The van der Waals surface area contributed by atoms with E-state index in [1.807, 2.05) is 49.4 Å². The predicted molar refractivity (Wildman–Crippen MR) is 107 cm³/mol. The molecule has 134 valence electrons. The van der Waals surface area contributed by atoms with Gasteiger partial charge in [0.25, 0.3) is 5.91 Å². The van der Waals surface area contributed by atoms with Crippen LogP contribution in [0, 0.1) is 0 Å². The molecule has 3 aromatic rings. The SMILES string of the molecule is CCOc1ncccc1CNC(=O)c1ccccc1SCc1cccs1. The number of carbonyl (C=O) groups excluding carboxylic acids is 1. The van der Waals surface area contributed by atoms with Crippen molar-refractivity contribution in [2.75, 3.05) is 6.61 Å². The lowest BCUT2D eigenvalue weighted by atomic mass is 10.2. The number of rotatable bonds is 8. The van der Waals surface area contributed by atoms with Gasteiger partial charge in [-0.3, -0.25) is 4.79 Å². The molecule has 0 aliphatic carbocycles. The van der Waals surface area contributed by atoms with Crippen LogP contribution in [0.2, 0.25) is 0 Å². The van der Waals surface area contributed by atoms with Crippen LogP contribution in [-0.2, 0) is 12.3 Å². The van der Waals surface area contributed by atoms with Crippen molar-refractivity contribution in [2.45, 2.75) is 24.1 Å². The molecule has 0 fully saturated rings. The smallest absolute Gasteiger partial charge is 0.252 e. The van der Waals surface area contributed by atoms with Gasteiger partial charge in [-0.2, -0.15) is 0 Å². The van der Waals surface area contributed by atoms with Crippen molar-refractivity contribution < 1.29 is 9.53 Å². The molecule has 2 aromatic heterocycles. The Morgan fingerprint density at radius 3 is 2.88 bits per heavy atom. The number of thiophene rings is 1. The third-order valence-corrected chi connectivity index (χ3v) is 5.83. The lowest BCUT2D eigenvalue weighted by Gasteiger charge is -2.11. The number of amides is 1. The molecule has 4 nitrogen and oxygen atoms in total. The molecule has 3 rings (SSSR count). The molecule has 6 heteroatoms. The van der Waals surface area contributed by atoms with Crippen LogP contribution in [0.5, 0.6) is 5.88 Å². The molecule has 1 amide bonds. The lowest BCUT2D eigenvalue weighted by Crippen LogP contribution is -2.23. The van der Waals surface area contributed by atoms with Gasteiger partial charge in [0.1, 0.15) is 0 Å². The van der Waals surface area contributed by atoms with Gasteiger partial charge in [-0.15, -0.1) is 23.1 Å². The highest BCUT2D eigenvalue weighted by atomic mass is 32.2. The highest BCUT2D eigenvalue weighted by molar-refractivity contribution is 7.98. The van der Waals surface area contributed by atoms with Crippen LogP contribution in [-0.4, -0.2) is 17.5 Å². The zero-order valence-electron chi connectivity index (χ0n) is 14.5. The van der Waals surface area contributed by atoms with E-state index >= 15 is 0 Å². The molecule has 26 heavy (non-hydrogen) atoms. The van der Waals surface area contributed by atoms with E-state index in [4.69, 9.17) is 4.74 Å². The van der Waals surface area contributed by atoms with Gasteiger partial charge in [0.05, 0.1) is 12.2 Å². The summed E-state index contributed by atoms with van der Waals surface area (Å²) in [5.41, 5.74) is 1.56. The minimum Gasteiger partial charge on any atom is -0.478 e. The van der Waals surface area contributed by atoms with E-state index in [-0.39, 0.29) is 5.91 Å². The summed E-state index contributed by atoms with van der Waals surface area (Å²) in [6, 6.07) is 15.6. The van der Waals surface area contributed by atoms with E-state index in [0.29, 0.717) is 24.6 Å². The quantitative estimate of drug-likeness (QED) is 0.569. The maximum absolute atomic E-state index is 12.7. The number of nitrogens with zero attached hydrogens (tertiary/aromatic N) is 1. The van der Waals surface area contributed by atoms with Gasteiger partial charge in [0.2, 0.25) is 5.88 Å². The maximum Gasteiger partial charge on any atom is 0.252 e. The summed E-state index contributed by atoms with van der Waals surface area (Å²) >= 11 is 3.41.